The Morgan fingerprint density at radius 3 is 2.50 bits per heavy atom. The van der Waals surface area contributed by atoms with Crippen LogP contribution in [0.25, 0.3) is 11.7 Å². The molecule has 4 rings (SSSR count). The molecule has 2 amide bonds. The number of carbonyl (C=O) groups is 2. The second kappa shape index (κ2) is 9.25. The Bertz CT molecular complexity index is 1200. The minimum Gasteiger partial charge on any atom is -0.477 e. The maximum absolute atomic E-state index is 13.3. The number of nitrogens with one attached hydrogen (secondary N) is 2. The summed E-state index contributed by atoms with van der Waals surface area (Å²) in [6.07, 6.45) is 4.89. The number of hydrogen-bond donors (Lipinski definition) is 3. The fourth-order valence-corrected chi connectivity index (χ4v) is 4.53. The summed E-state index contributed by atoms with van der Waals surface area (Å²) in [6, 6.07) is -0.0458. The molecule has 1 aliphatic heterocycles. The number of aromatic hydroxyl groups is 1. The molecule has 2 aliphatic rings. The van der Waals surface area contributed by atoms with Crippen LogP contribution >= 0.6 is 0 Å². The number of aromatic nitrogens is 3. The topological polar surface area (TPSA) is 120 Å². The molecule has 10 nitrogen and oxygen atoms in total. The van der Waals surface area contributed by atoms with Gasteiger partial charge in [-0.15, -0.1) is 0 Å². The highest BCUT2D eigenvalue weighted by Crippen LogP contribution is 2.22. The van der Waals surface area contributed by atoms with Crippen molar-refractivity contribution >= 4 is 23.5 Å². The molecule has 2 aromatic rings. The Labute approximate surface area is 198 Å². The summed E-state index contributed by atoms with van der Waals surface area (Å²) >= 11 is 0. The van der Waals surface area contributed by atoms with Gasteiger partial charge in [0.25, 0.3) is 5.91 Å². The van der Waals surface area contributed by atoms with Gasteiger partial charge < -0.3 is 20.1 Å². The van der Waals surface area contributed by atoms with Gasteiger partial charge in [-0.2, -0.15) is 4.57 Å². The van der Waals surface area contributed by atoms with Crippen LogP contribution in [0.4, 0.5) is 0 Å². The lowest BCUT2D eigenvalue weighted by Crippen LogP contribution is -2.51. The molecule has 0 aromatic carbocycles. The van der Waals surface area contributed by atoms with E-state index in [2.05, 4.69) is 10.4 Å². The van der Waals surface area contributed by atoms with Gasteiger partial charge in [0.1, 0.15) is 0 Å². The zero-order valence-electron chi connectivity index (χ0n) is 20.4. The van der Waals surface area contributed by atoms with Crippen LogP contribution in [0.15, 0.2) is 10.9 Å². The molecule has 3 N–H and O–H groups in total. The number of H-pyrrole nitrogens is 1. The number of rotatable bonds is 6. The SMILES string of the molecule is Cc1[nH]n2c(=O)c(C(=O)NC3CC3)c(O)[n+](CC(C)C)c2c1/C=C/C(=O)N1[C@H](C)COC[C@@H]1C. The molecule has 1 saturated carbocycles. The van der Waals surface area contributed by atoms with E-state index in [9.17, 15) is 19.5 Å². The molecule has 0 bridgehead atoms. The molecule has 0 unspecified atom stereocenters. The molecule has 3 heterocycles. The summed E-state index contributed by atoms with van der Waals surface area (Å²) in [7, 11) is 0. The number of aromatic amines is 1. The van der Waals surface area contributed by atoms with Crippen molar-refractivity contribution in [2.75, 3.05) is 13.2 Å². The maximum Gasteiger partial charge on any atom is 0.378 e. The molecular formula is C24H34N5O5+. The predicted octanol–water partition coefficient (Wildman–Crippen LogP) is 1.13. The highest BCUT2D eigenvalue weighted by molar-refractivity contribution is 5.96. The lowest BCUT2D eigenvalue weighted by Gasteiger charge is -2.38. The van der Waals surface area contributed by atoms with Gasteiger partial charge in [0.2, 0.25) is 11.5 Å². The highest BCUT2D eigenvalue weighted by atomic mass is 16.5. The monoisotopic (exact) mass is 472 g/mol. The van der Waals surface area contributed by atoms with E-state index in [0.717, 1.165) is 12.8 Å². The van der Waals surface area contributed by atoms with Crippen molar-refractivity contribution in [3.63, 3.8) is 0 Å². The number of hydrogen-bond acceptors (Lipinski definition) is 5. The molecule has 10 heteroatoms. The molecule has 0 radical (unpaired) electrons. The van der Waals surface area contributed by atoms with Crippen molar-refractivity contribution in [1.29, 1.82) is 0 Å². The van der Waals surface area contributed by atoms with Gasteiger partial charge >= 0.3 is 17.1 Å². The first kappa shape index (κ1) is 24.0. The predicted molar refractivity (Wildman–Crippen MR) is 126 cm³/mol. The van der Waals surface area contributed by atoms with E-state index < -0.39 is 11.5 Å². The van der Waals surface area contributed by atoms with Crippen molar-refractivity contribution in [2.24, 2.45) is 5.92 Å². The van der Waals surface area contributed by atoms with E-state index in [4.69, 9.17) is 4.74 Å². The summed E-state index contributed by atoms with van der Waals surface area (Å²) in [5.74, 6) is -0.969. The second-order valence-corrected chi connectivity index (χ2v) is 9.88. The van der Waals surface area contributed by atoms with E-state index >= 15 is 0 Å². The molecule has 2 atom stereocenters. The fourth-order valence-electron chi connectivity index (χ4n) is 4.53. The third kappa shape index (κ3) is 4.46. The van der Waals surface area contributed by atoms with Gasteiger partial charge in [-0.05, 0) is 45.6 Å². The summed E-state index contributed by atoms with van der Waals surface area (Å²) in [5.41, 5.74) is 0.734. The molecule has 184 valence electrons. The second-order valence-electron chi connectivity index (χ2n) is 9.88. The van der Waals surface area contributed by atoms with Crippen molar-refractivity contribution < 1.29 is 24.0 Å². The molecule has 1 aliphatic carbocycles. The minimum absolute atomic E-state index is 0.0463. The maximum atomic E-state index is 13.3. The van der Waals surface area contributed by atoms with Crippen LogP contribution in [0, 0.1) is 12.8 Å². The number of ether oxygens (including phenoxy) is 1. The van der Waals surface area contributed by atoms with Crippen molar-refractivity contribution in [3.8, 4) is 5.88 Å². The van der Waals surface area contributed by atoms with Gasteiger partial charge in [-0.3, -0.25) is 9.59 Å². The van der Waals surface area contributed by atoms with E-state index in [1.807, 2.05) is 27.7 Å². The molecule has 1 saturated heterocycles. The van der Waals surface area contributed by atoms with Gasteiger partial charge in [-0.25, -0.2) is 9.89 Å². The van der Waals surface area contributed by atoms with E-state index in [1.54, 1.807) is 22.5 Å². The van der Waals surface area contributed by atoms with Gasteiger partial charge in [0.05, 0.1) is 43.1 Å². The lowest BCUT2D eigenvalue weighted by atomic mass is 10.1. The van der Waals surface area contributed by atoms with Crippen LogP contribution in [0.2, 0.25) is 0 Å². The number of nitrogens with zero attached hydrogens (tertiary/aromatic N) is 3. The normalized spacial score (nSPS) is 21.1. The Kier molecular flexibility index (Phi) is 6.53. The van der Waals surface area contributed by atoms with E-state index in [0.29, 0.717) is 36.7 Å². The molecule has 0 spiro atoms. The molecular weight excluding hydrogens is 438 g/mol. The van der Waals surface area contributed by atoms with Crippen molar-refractivity contribution in [2.45, 2.75) is 72.1 Å². The standard InChI is InChI=1S/C24H33N5O5/c1-13(2)10-27-22-18(8-9-19(30)28-14(3)11-34-12-15(28)4)16(5)26-29(22)24(33)20(23(27)32)21(31)25-17-6-7-17/h8-9,13-15,17H,6-7,10-12H2,1-5H3,(H2,25,31,32,33)/p+1/b9-8+/t14-,15+. The van der Waals surface area contributed by atoms with Crippen molar-refractivity contribution in [3.05, 3.63) is 33.3 Å². The van der Waals surface area contributed by atoms with Crippen LogP contribution < -0.4 is 15.4 Å². The quantitative estimate of drug-likeness (QED) is 0.430. The zero-order chi connectivity index (χ0) is 24.7. The number of amides is 2. The molecule has 2 aromatic heterocycles. The third-order valence-corrected chi connectivity index (χ3v) is 6.29. The Hall–Kier alpha value is -3.14. The van der Waals surface area contributed by atoms with E-state index in [1.165, 1.54) is 10.6 Å². The number of morpholine rings is 1. The largest absolute Gasteiger partial charge is 0.477 e. The summed E-state index contributed by atoms with van der Waals surface area (Å²) < 4.78 is 8.37. The first-order chi connectivity index (χ1) is 16.1. The average molecular weight is 473 g/mol. The first-order valence-electron chi connectivity index (χ1n) is 11.9. The van der Waals surface area contributed by atoms with Gasteiger partial charge in [0, 0.05) is 12.1 Å². The van der Waals surface area contributed by atoms with E-state index in [-0.39, 0.29) is 41.4 Å². The molecule has 2 fully saturated rings. The van der Waals surface area contributed by atoms with Crippen LogP contribution in [-0.4, -0.2) is 62.8 Å². The first-order valence-corrected chi connectivity index (χ1v) is 11.9. The Morgan fingerprint density at radius 1 is 1.26 bits per heavy atom. The van der Waals surface area contributed by atoms with Crippen LogP contribution in [0.5, 0.6) is 5.88 Å². The summed E-state index contributed by atoms with van der Waals surface area (Å²) in [4.78, 5) is 40.8. The van der Waals surface area contributed by atoms with Gasteiger partial charge in [-0.1, -0.05) is 18.4 Å². The van der Waals surface area contributed by atoms with Gasteiger partial charge in [0.15, 0.2) is 0 Å². The number of carbonyl (C=O) groups excluding carboxylic acids is 2. The number of aryl methyl sites for hydroxylation is 1. The fraction of sp³-hybridized carbons (Fsp3) is 0.583. The van der Waals surface area contributed by atoms with Crippen LogP contribution in [0.3, 0.4) is 0 Å². The summed E-state index contributed by atoms with van der Waals surface area (Å²) in [6.45, 7) is 11.0. The summed E-state index contributed by atoms with van der Waals surface area (Å²) in [5, 5.41) is 16.9. The number of fused-ring (bicyclic) bond motifs is 1. The Morgan fingerprint density at radius 2 is 1.91 bits per heavy atom. The van der Waals surface area contributed by atoms with Crippen LogP contribution in [-0.2, 0) is 16.1 Å². The highest BCUT2D eigenvalue weighted by Gasteiger charge is 2.35. The smallest absolute Gasteiger partial charge is 0.378 e. The lowest BCUT2D eigenvalue weighted by molar-refractivity contribution is -0.686. The molecule has 34 heavy (non-hydrogen) atoms. The Balaban J connectivity index is 1.81. The van der Waals surface area contributed by atoms with Crippen LogP contribution in [0.1, 0.15) is 62.2 Å². The third-order valence-electron chi connectivity index (χ3n) is 6.29. The van der Waals surface area contributed by atoms with Crippen molar-refractivity contribution in [1.82, 2.24) is 19.8 Å². The zero-order valence-corrected chi connectivity index (χ0v) is 20.4. The minimum atomic E-state index is -0.629. The average Bonchev–Trinajstić information content (AvgIpc) is 3.50.